The van der Waals surface area contributed by atoms with Gasteiger partial charge >= 0.3 is 0 Å². The maximum Gasteiger partial charge on any atom is 0.244 e. The molecule has 2 N–H and O–H groups in total. The molecular weight excluding hydrogens is 402 g/mol. The molecule has 5 nitrogen and oxygen atoms in total. The Kier molecular flexibility index (Phi) is 5.57. The molecule has 0 aliphatic rings. The highest BCUT2D eigenvalue weighted by Crippen LogP contribution is 2.22. The minimum atomic E-state index is -0.342. The normalized spacial score (nSPS) is 10.9. The van der Waals surface area contributed by atoms with Crippen LogP contribution in [0.5, 0.6) is 0 Å². The monoisotopic (exact) mass is 415 g/mol. The third-order valence-corrected chi connectivity index (χ3v) is 4.77. The first-order valence-electron chi connectivity index (χ1n) is 7.47. The molecule has 0 bridgehead atoms. The van der Waals surface area contributed by atoms with Crippen molar-refractivity contribution in [2.45, 2.75) is 0 Å². The van der Waals surface area contributed by atoms with Crippen LogP contribution >= 0.6 is 27.3 Å². The number of aromatic nitrogens is 1. The Balaban J connectivity index is 1.50. The molecule has 0 atom stereocenters. The first-order valence-corrected chi connectivity index (χ1v) is 9.08. The second-order valence-corrected chi connectivity index (χ2v) is 7.10. The van der Waals surface area contributed by atoms with E-state index in [0.717, 1.165) is 19.7 Å². The number of hydrogen-bond donors (Lipinski definition) is 2. The highest BCUT2D eigenvalue weighted by molar-refractivity contribution is 9.10. The van der Waals surface area contributed by atoms with Crippen LogP contribution in [0.4, 0.5) is 5.69 Å². The summed E-state index contributed by atoms with van der Waals surface area (Å²) in [4.78, 5) is 28.1. The van der Waals surface area contributed by atoms with E-state index in [-0.39, 0.29) is 18.4 Å². The smallest absolute Gasteiger partial charge is 0.244 e. The Morgan fingerprint density at radius 2 is 1.88 bits per heavy atom. The maximum atomic E-state index is 11.8. The van der Waals surface area contributed by atoms with E-state index in [2.05, 4.69) is 31.5 Å². The van der Waals surface area contributed by atoms with E-state index in [1.807, 2.05) is 36.4 Å². The highest BCUT2D eigenvalue weighted by Gasteiger charge is 2.05. The van der Waals surface area contributed by atoms with Crippen LogP contribution in [0.3, 0.4) is 0 Å². The summed E-state index contributed by atoms with van der Waals surface area (Å²) in [5.74, 6) is -0.630. The summed E-state index contributed by atoms with van der Waals surface area (Å²) in [6.45, 7) is -0.0981. The van der Waals surface area contributed by atoms with Crippen LogP contribution in [0.1, 0.15) is 5.01 Å². The van der Waals surface area contributed by atoms with Crippen molar-refractivity contribution in [2.24, 2.45) is 0 Å². The SMILES string of the molecule is O=C(C=Cc1nc2ccccc2s1)NCC(=O)Nc1ccc(Br)cc1. The van der Waals surface area contributed by atoms with Crippen molar-refractivity contribution in [2.75, 3.05) is 11.9 Å². The molecular formula is C18H14BrN3O2S. The first kappa shape index (κ1) is 17.3. The van der Waals surface area contributed by atoms with Gasteiger partial charge in [0.15, 0.2) is 0 Å². The summed E-state index contributed by atoms with van der Waals surface area (Å²) >= 11 is 4.83. The fourth-order valence-corrected chi connectivity index (χ4v) is 3.21. The molecule has 1 aromatic heterocycles. The number of thiazole rings is 1. The predicted molar refractivity (Wildman–Crippen MR) is 104 cm³/mol. The molecule has 3 aromatic rings. The lowest BCUT2D eigenvalue weighted by atomic mass is 10.3. The maximum absolute atomic E-state index is 11.8. The lowest BCUT2D eigenvalue weighted by Gasteiger charge is -2.05. The number of anilines is 1. The highest BCUT2D eigenvalue weighted by atomic mass is 79.9. The molecule has 3 rings (SSSR count). The van der Waals surface area contributed by atoms with Crippen molar-refractivity contribution >= 4 is 61.1 Å². The Hall–Kier alpha value is -2.51. The zero-order valence-electron chi connectivity index (χ0n) is 13.0. The third-order valence-electron chi connectivity index (χ3n) is 3.24. The number of halogens is 1. The summed E-state index contributed by atoms with van der Waals surface area (Å²) in [5.41, 5.74) is 1.58. The van der Waals surface area contributed by atoms with Crippen molar-refractivity contribution in [1.29, 1.82) is 0 Å². The van der Waals surface area contributed by atoms with E-state index < -0.39 is 0 Å². The quantitative estimate of drug-likeness (QED) is 0.622. The number of rotatable bonds is 5. The standard InChI is InChI=1S/C18H14BrN3O2S/c19-12-5-7-13(8-6-12)21-17(24)11-20-16(23)9-10-18-22-14-3-1-2-4-15(14)25-18/h1-10H,11H2,(H,20,23)(H,21,24). The van der Waals surface area contributed by atoms with Crippen LogP contribution in [0.2, 0.25) is 0 Å². The fourth-order valence-electron chi connectivity index (χ4n) is 2.07. The molecule has 0 spiro atoms. The molecule has 7 heteroatoms. The van der Waals surface area contributed by atoms with Crippen LogP contribution in [0.15, 0.2) is 59.1 Å². The Bertz CT molecular complexity index is 902. The molecule has 0 aliphatic heterocycles. The second-order valence-electron chi connectivity index (χ2n) is 5.13. The van der Waals surface area contributed by atoms with Crippen LogP contribution < -0.4 is 10.6 Å². The number of nitrogens with one attached hydrogen (secondary N) is 2. The van der Waals surface area contributed by atoms with Gasteiger partial charge in [0.2, 0.25) is 11.8 Å². The number of carbonyl (C=O) groups is 2. The van der Waals surface area contributed by atoms with Gasteiger partial charge in [0.05, 0.1) is 16.8 Å². The first-order chi connectivity index (χ1) is 12.1. The van der Waals surface area contributed by atoms with Crippen molar-refractivity contribution in [3.63, 3.8) is 0 Å². The van der Waals surface area contributed by atoms with Crippen molar-refractivity contribution in [3.05, 3.63) is 64.1 Å². The minimum absolute atomic E-state index is 0.0981. The van der Waals surface area contributed by atoms with Gasteiger partial charge in [0.25, 0.3) is 0 Å². The number of fused-ring (bicyclic) bond motifs is 1. The number of benzene rings is 2. The molecule has 0 radical (unpaired) electrons. The number of amides is 2. The Labute approximate surface area is 156 Å². The van der Waals surface area contributed by atoms with Gasteiger partial charge in [-0.1, -0.05) is 28.1 Å². The van der Waals surface area contributed by atoms with E-state index in [9.17, 15) is 9.59 Å². The molecule has 0 saturated heterocycles. The summed E-state index contributed by atoms with van der Waals surface area (Å²) in [5, 5.41) is 6.00. The molecule has 0 saturated carbocycles. The van der Waals surface area contributed by atoms with Gasteiger partial charge in [-0.25, -0.2) is 4.98 Å². The van der Waals surface area contributed by atoms with Crippen molar-refractivity contribution < 1.29 is 9.59 Å². The lowest BCUT2D eigenvalue weighted by molar-refractivity contribution is -0.121. The zero-order chi connectivity index (χ0) is 17.6. The summed E-state index contributed by atoms with van der Waals surface area (Å²) in [6.07, 6.45) is 3.03. The third kappa shape index (κ3) is 4.98. The number of para-hydroxylation sites is 1. The van der Waals surface area contributed by atoms with Crippen LogP contribution in [-0.4, -0.2) is 23.3 Å². The van der Waals surface area contributed by atoms with Gasteiger partial charge in [-0.15, -0.1) is 11.3 Å². The molecule has 1 heterocycles. The van der Waals surface area contributed by atoms with Gasteiger partial charge in [0, 0.05) is 16.2 Å². The Morgan fingerprint density at radius 3 is 2.64 bits per heavy atom. The van der Waals surface area contributed by atoms with Gasteiger partial charge < -0.3 is 10.6 Å². The molecule has 0 fully saturated rings. The summed E-state index contributed by atoms with van der Waals surface area (Å²) < 4.78 is 2.00. The summed E-state index contributed by atoms with van der Waals surface area (Å²) in [7, 11) is 0. The summed E-state index contributed by atoms with van der Waals surface area (Å²) in [6, 6.07) is 15.0. The van der Waals surface area contributed by atoms with E-state index in [4.69, 9.17) is 0 Å². The average Bonchev–Trinajstić information content (AvgIpc) is 3.03. The van der Waals surface area contributed by atoms with E-state index in [0.29, 0.717) is 5.69 Å². The molecule has 0 unspecified atom stereocenters. The number of nitrogens with zero attached hydrogens (tertiary/aromatic N) is 1. The molecule has 25 heavy (non-hydrogen) atoms. The van der Waals surface area contributed by atoms with Gasteiger partial charge in [-0.3, -0.25) is 9.59 Å². The number of carbonyl (C=O) groups excluding carboxylic acids is 2. The average molecular weight is 416 g/mol. The van der Waals surface area contributed by atoms with E-state index >= 15 is 0 Å². The van der Waals surface area contributed by atoms with Gasteiger partial charge in [-0.05, 0) is 42.5 Å². The van der Waals surface area contributed by atoms with Crippen molar-refractivity contribution in [3.8, 4) is 0 Å². The fraction of sp³-hybridized carbons (Fsp3) is 0.0556. The topological polar surface area (TPSA) is 71.1 Å². The number of hydrogen-bond acceptors (Lipinski definition) is 4. The predicted octanol–water partition coefficient (Wildman–Crippen LogP) is 3.83. The largest absolute Gasteiger partial charge is 0.343 e. The molecule has 2 aromatic carbocycles. The second kappa shape index (κ2) is 8.04. The van der Waals surface area contributed by atoms with Gasteiger partial charge in [0.1, 0.15) is 5.01 Å². The van der Waals surface area contributed by atoms with E-state index in [1.54, 1.807) is 18.2 Å². The zero-order valence-corrected chi connectivity index (χ0v) is 15.4. The molecule has 2 amide bonds. The molecule has 126 valence electrons. The Morgan fingerprint density at radius 1 is 1.12 bits per heavy atom. The van der Waals surface area contributed by atoms with Crippen molar-refractivity contribution in [1.82, 2.24) is 10.3 Å². The van der Waals surface area contributed by atoms with Crippen LogP contribution in [0.25, 0.3) is 16.3 Å². The lowest BCUT2D eigenvalue weighted by Crippen LogP contribution is -2.31. The van der Waals surface area contributed by atoms with Crippen LogP contribution in [0, 0.1) is 0 Å². The van der Waals surface area contributed by atoms with Crippen LogP contribution in [-0.2, 0) is 9.59 Å². The minimum Gasteiger partial charge on any atom is -0.343 e. The van der Waals surface area contributed by atoms with E-state index in [1.165, 1.54) is 17.4 Å². The van der Waals surface area contributed by atoms with Gasteiger partial charge in [-0.2, -0.15) is 0 Å². The molecule has 0 aliphatic carbocycles.